The van der Waals surface area contributed by atoms with Crippen molar-refractivity contribution in [2.24, 2.45) is 5.16 Å². The SMILES string of the molecule is CN1C(=O)NC[C@@H]1CSc1nonc1/C(=N\O)Nc1ccc(F)c(C#N)c1. The molecule has 2 heterocycles. The molecule has 0 unspecified atom stereocenters. The van der Waals surface area contributed by atoms with Gasteiger partial charge in [0, 0.05) is 25.0 Å². The van der Waals surface area contributed by atoms with Gasteiger partial charge in [-0.2, -0.15) is 5.26 Å². The first kappa shape index (κ1) is 18.5. The normalized spacial score (nSPS) is 16.9. The van der Waals surface area contributed by atoms with E-state index in [4.69, 9.17) is 9.89 Å². The zero-order valence-corrected chi connectivity index (χ0v) is 14.8. The molecule has 0 bridgehead atoms. The number of carbonyl (C=O) groups excluding carboxylic acids is 1. The summed E-state index contributed by atoms with van der Waals surface area (Å²) in [5, 5.41) is 34.7. The Morgan fingerprint density at radius 2 is 2.44 bits per heavy atom. The zero-order chi connectivity index (χ0) is 19.4. The highest BCUT2D eigenvalue weighted by Crippen LogP contribution is 2.24. The van der Waals surface area contributed by atoms with Gasteiger partial charge in [0.05, 0.1) is 11.6 Å². The zero-order valence-electron chi connectivity index (χ0n) is 14.0. The number of anilines is 1. The number of rotatable bonds is 5. The van der Waals surface area contributed by atoms with E-state index < -0.39 is 5.82 Å². The molecular weight excluding hydrogens is 377 g/mol. The van der Waals surface area contributed by atoms with Crippen molar-refractivity contribution in [2.45, 2.75) is 11.1 Å². The summed E-state index contributed by atoms with van der Waals surface area (Å²) in [4.78, 5) is 13.1. The molecule has 3 rings (SSSR count). The number of hydrogen-bond donors (Lipinski definition) is 3. The van der Waals surface area contributed by atoms with Crippen molar-refractivity contribution in [3.63, 3.8) is 0 Å². The largest absolute Gasteiger partial charge is 0.409 e. The maximum absolute atomic E-state index is 13.4. The van der Waals surface area contributed by atoms with Gasteiger partial charge in [0.2, 0.25) is 5.84 Å². The number of benzene rings is 1. The first-order valence-electron chi connectivity index (χ1n) is 7.68. The van der Waals surface area contributed by atoms with Gasteiger partial charge in [0.15, 0.2) is 10.7 Å². The van der Waals surface area contributed by atoms with Crippen LogP contribution in [0.4, 0.5) is 14.9 Å². The third-order valence-corrected chi connectivity index (χ3v) is 4.99. The minimum absolute atomic E-state index is 0.0372. The summed E-state index contributed by atoms with van der Waals surface area (Å²) in [7, 11) is 1.69. The molecule has 10 nitrogen and oxygen atoms in total. The molecule has 2 amide bonds. The number of nitrogens with zero attached hydrogens (tertiary/aromatic N) is 5. The van der Waals surface area contributed by atoms with Gasteiger partial charge >= 0.3 is 6.03 Å². The van der Waals surface area contributed by atoms with Gasteiger partial charge in [-0.3, -0.25) is 0 Å². The first-order chi connectivity index (χ1) is 13.0. The van der Waals surface area contributed by atoms with Crippen LogP contribution in [0.25, 0.3) is 0 Å². The molecule has 1 atom stereocenters. The molecule has 0 radical (unpaired) electrons. The number of nitriles is 1. The van der Waals surface area contributed by atoms with E-state index in [-0.39, 0.29) is 29.2 Å². The number of hydrogen-bond acceptors (Lipinski definition) is 8. The van der Waals surface area contributed by atoms with Crippen LogP contribution in [0.3, 0.4) is 0 Å². The van der Waals surface area contributed by atoms with Crippen molar-refractivity contribution < 1.29 is 19.0 Å². The minimum atomic E-state index is -0.659. The molecule has 12 heteroatoms. The van der Waals surface area contributed by atoms with E-state index in [1.54, 1.807) is 18.0 Å². The molecule has 140 valence electrons. The van der Waals surface area contributed by atoms with Crippen LogP contribution < -0.4 is 10.6 Å². The van der Waals surface area contributed by atoms with Gasteiger partial charge in [0.1, 0.15) is 11.9 Å². The summed E-state index contributed by atoms with van der Waals surface area (Å²) >= 11 is 1.28. The van der Waals surface area contributed by atoms with E-state index in [1.165, 1.54) is 23.9 Å². The lowest BCUT2D eigenvalue weighted by Crippen LogP contribution is -2.31. The smallest absolute Gasteiger partial charge is 0.317 e. The fourth-order valence-electron chi connectivity index (χ4n) is 2.36. The molecular formula is C15H14FN7O3S. The fraction of sp³-hybridized carbons (Fsp3) is 0.267. The van der Waals surface area contributed by atoms with Crippen LogP contribution >= 0.6 is 11.8 Å². The lowest BCUT2D eigenvalue weighted by molar-refractivity contribution is 0.219. The van der Waals surface area contributed by atoms with Crippen molar-refractivity contribution >= 4 is 29.3 Å². The number of carbonyl (C=O) groups is 1. The fourth-order valence-corrected chi connectivity index (χ4v) is 3.40. The van der Waals surface area contributed by atoms with Crippen LogP contribution in [0.2, 0.25) is 0 Å². The van der Waals surface area contributed by atoms with Gasteiger partial charge in [-0.05, 0) is 28.5 Å². The van der Waals surface area contributed by atoms with Crippen molar-refractivity contribution in [3.8, 4) is 6.07 Å². The topological polar surface area (TPSA) is 140 Å². The number of aromatic nitrogens is 2. The lowest BCUT2D eigenvalue weighted by Gasteiger charge is -2.16. The number of urea groups is 1. The average Bonchev–Trinajstić information content (AvgIpc) is 3.26. The van der Waals surface area contributed by atoms with Gasteiger partial charge < -0.3 is 20.7 Å². The van der Waals surface area contributed by atoms with Crippen molar-refractivity contribution in [1.82, 2.24) is 20.5 Å². The maximum atomic E-state index is 13.4. The Morgan fingerprint density at radius 1 is 1.63 bits per heavy atom. The van der Waals surface area contributed by atoms with Crippen molar-refractivity contribution in [2.75, 3.05) is 24.7 Å². The van der Waals surface area contributed by atoms with E-state index in [0.717, 1.165) is 6.07 Å². The number of oxime groups is 1. The molecule has 0 spiro atoms. The Hall–Kier alpha value is -3.33. The van der Waals surface area contributed by atoms with Gasteiger partial charge in [-0.25, -0.2) is 13.8 Å². The second-order valence-corrected chi connectivity index (χ2v) is 6.57. The van der Waals surface area contributed by atoms with Crippen LogP contribution in [-0.2, 0) is 0 Å². The van der Waals surface area contributed by atoms with E-state index in [1.807, 2.05) is 0 Å². The van der Waals surface area contributed by atoms with Crippen LogP contribution in [0.15, 0.2) is 33.0 Å². The van der Waals surface area contributed by atoms with E-state index >= 15 is 0 Å². The van der Waals surface area contributed by atoms with Gasteiger partial charge in [-0.15, -0.1) is 0 Å². The summed E-state index contributed by atoms with van der Waals surface area (Å²) in [6.07, 6.45) is 0. The Morgan fingerprint density at radius 3 is 3.11 bits per heavy atom. The van der Waals surface area contributed by atoms with Crippen LogP contribution in [-0.4, -0.2) is 57.7 Å². The molecule has 0 saturated carbocycles. The monoisotopic (exact) mass is 391 g/mol. The molecule has 2 aromatic rings. The number of likely N-dealkylation sites (N-methyl/N-ethyl adjacent to an activating group) is 1. The molecule has 1 saturated heterocycles. The molecule has 1 aliphatic rings. The third-order valence-electron chi connectivity index (χ3n) is 3.90. The molecule has 0 aliphatic carbocycles. The Balaban J connectivity index is 1.73. The first-order valence-corrected chi connectivity index (χ1v) is 8.67. The van der Waals surface area contributed by atoms with Crippen LogP contribution in [0.1, 0.15) is 11.3 Å². The average molecular weight is 391 g/mol. The quantitative estimate of drug-likeness (QED) is 0.229. The van der Waals surface area contributed by atoms with E-state index in [9.17, 15) is 14.4 Å². The van der Waals surface area contributed by atoms with Crippen LogP contribution in [0, 0.1) is 17.1 Å². The van der Waals surface area contributed by atoms with E-state index in [0.29, 0.717) is 23.0 Å². The molecule has 3 N–H and O–H groups in total. The Bertz CT molecular complexity index is 926. The predicted molar refractivity (Wildman–Crippen MR) is 93.0 cm³/mol. The second-order valence-electron chi connectivity index (χ2n) is 5.56. The van der Waals surface area contributed by atoms with Crippen molar-refractivity contribution in [1.29, 1.82) is 5.26 Å². The lowest BCUT2D eigenvalue weighted by atomic mass is 10.2. The highest BCUT2D eigenvalue weighted by atomic mass is 32.2. The summed E-state index contributed by atoms with van der Waals surface area (Å²) < 4.78 is 18.2. The number of nitrogens with one attached hydrogen (secondary N) is 2. The predicted octanol–water partition coefficient (Wildman–Crippen LogP) is 1.44. The molecule has 1 fully saturated rings. The maximum Gasteiger partial charge on any atom is 0.317 e. The van der Waals surface area contributed by atoms with Gasteiger partial charge in [-0.1, -0.05) is 16.9 Å². The standard InChI is InChI=1S/C15H14FN7O3S/c1-23-10(6-18-15(23)24)7-27-14-12(21-26-22-14)13(20-25)19-9-2-3-11(16)8(4-9)5-17/h2-4,10,25H,6-7H2,1H3,(H,18,24)(H,19,20)/t10-/m1/s1. The molecule has 1 aliphatic heterocycles. The molecule has 27 heavy (non-hydrogen) atoms. The van der Waals surface area contributed by atoms with Crippen LogP contribution in [0.5, 0.6) is 0 Å². The number of halogens is 1. The van der Waals surface area contributed by atoms with E-state index in [2.05, 4.69) is 26.1 Å². The Labute approximate surface area is 157 Å². The Kier molecular flexibility index (Phi) is 5.41. The number of amidine groups is 1. The third kappa shape index (κ3) is 3.93. The summed E-state index contributed by atoms with van der Waals surface area (Å²) in [6, 6.07) is 5.31. The minimum Gasteiger partial charge on any atom is -0.409 e. The number of amides is 2. The molecule has 1 aromatic heterocycles. The highest BCUT2D eigenvalue weighted by molar-refractivity contribution is 7.99. The van der Waals surface area contributed by atoms with Gasteiger partial charge in [0.25, 0.3) is 0 Å². The highest BCUT2D eigenvalue weighted by Gasteiger charge is 2.28. The number of thioether (sulfide) groups is 1. The van der Waals surface area contributed by atoms with Crippen molar-refractivity contribution in [3.05, 3.63) is 35.3 Å². The summed E-state index contributed by atoms with van der Waals surface area (Å²) in [6.45, 7) is 0.509. The summed E-state index contributed by atoms with van der Waals surface area (Å²) in [5.74, 6) is -0.221. The molecule has 1 aromatic carbocycles. The second kappa shape index (κ2) is 7.92. The summed E-state index contributed by atoms with van der Waals surface area (Å²) in [5.41, 5.74) is 0.307.